The van der Waals surface area contributed by atoms with Crippen molar-refractivity contribution in [1.82, 2.24) is 10.6 Å². The van der Waals surface area contributed by atoms with Crippen LogP contribution < -0.4 is 10.6 Å². The van der Waals surface area contributed by atoms with Gasteiger partial charge >= 0.3 is 12.0 Å². The van der Waals surface area contributed by atoms with Gasteiger partial charge in [-0.15, -0.1) is 0 Å². The number of carbonyl (C=O) groups excluding carboxylic acids is 2. The number of carbonyl (C=O) groups is 3. The van der Waals surface area contributed by atoms with Gasteiger partial charge in [-0.3, -0.25) is 10.1 Å². The van der Waals surface area contributed by atoms with Gasteiger partial charge in [0.1, 0.15) is 0 Å². The van der Waals surface area contributed by atoms with Gasteiger partial charge in [0.05, 0.1) is 0 Å². The Bertz CT molecular complexity index is 379. The van der Waals surface area contributed by atoms with Crippen LogP contribution in [-0.4, -0.2) is 29.6 Å². The highest BCUT2D eigenvalue weighted by Crippen LogP contribution is 2.28. The molecule has 0 spiro atoms. The van der Waals surface area contributed by atoms with Crippen LogP contribution in [0.4, 0.5) is 4.79 Å². The first kappa shape index (κ1) is 15.2. The number of nitrogens with one attached hydrogen (secondary N) is 2. The Hall–Kier alpha value is -1.85. The van der Waals surface area contributed by atoms with Crippen LogP contribution in [0.1, 0.15) is 32.6 Å². The third-order valence-electron chi connectivity index (χ3n) is 3.43. The Morgan fingerprint density at radius 3 is 2.53 bits per heavy atom. The summed E-state index contributed by atoms with van der Waals surface area (Å²) in [7, 11) is 0. The molecule has 2 unspecified atom stereocenters. The third-order valence-corrected chi connectivity index (χ3v) is 3.43. The van der Waals surface area contributed by atoms with E-state index in [1.165, 1.54) is 19.3 Å². The van der Waals surface area contributed by atoms with Crippen LogP contribution in [0.25, 0.3) is 0 Å². The van der Waals surface area contributed by atoms with Crippen molar-refractivity contribution >= 4 is 17.9 Å². The average molecular weight is 268 g/mol. The molecule has 0 radical (unpaired) electrons. The largest absolute Gasteiger partial charge is 0.478 e. The van der Waals surface area contributed by atoms with Gasteiger partial charge in [-0.2, -0.15) is 0 Å². The minimum atomic E-state index is -1.23. The van der Waals surface area contributed by atoms with Crippen LogP contribution in [0.3, 0.4) is 0 Å². The summed E-state index contributed by atoms with van der Waals surface area (Å²) in [5, 5.41) is 13.0. The second kappa shape index (κ2) is 7.56. The van der Waals surface area contributed by atoms with E-state index < -0.39 is 17.9 Å². The smallest absolute Gasteiger partial charge is 0.328 e. The highest BCUT2D eigenvalue weighted by molar-refractivity contribution is 6.02. The predicted molar refractivity (Wildman–Crippen MR) is 69.4 cm³/mol. The van der Waals surface area contributed by atoms with Crippen molar-refractivity contribution in [3.05, 3.63) is 12.2 Å². The van der Waals surface area contributed by atoms with Crippen molar-refractivity contribution in [1.29, 1.82) is 0 Å². The van der Waals surface area contributed by atoms with Gasteiger partial charge in [0, 0.05) is 18.7 Å². The molecule has 0 aliphatic heterocycles. The third kappa shape index (κ3) is 6.03. The molecule has 1 aliphatic carbocycles. The molecule has 19 heavy (non-hydrogen) atoms. The Kier molecular flexibility index (Phi) is 6.05. The van der Waals surface area contributed by atoms with E-state index in [0.29, 0.717) is 24.5 Å². The maximum Gasteiger partial charge on any atom is 0.328 e. The van der Waals surface area contributed by atoms with E-state index in [2.05, 4.69) is 17.6 Å². The molecule has 2 atom stereocenters. The average Bonchev–Trinajstić information content (AvgIpc) is 2.35. The summed E-state index contributed by atoms with van der Waals surface area (Å²) in [6.07, 6.45) is 6.18. The number of hydrogen-bond donors (Lipinski definition) is 3. The molecule has 0 aromatic carbocycles. The van der Waals surface area contributed by atoms with Crippen molar-refractivity contribution in [2.45, 2.75) is 32.6 Å². The SMILES string of the molecule is CC1CCCCC1CNC(=O)NC(=O)C=CC(=O)O. The van der Waals surface area contributed by atoms with E-state index in [1.54, 1.807) is 0 Å². The monoisotopic (exact) mass is 268 g/mol. The van der Waals surface area contributed by atoms with Gasteiger partial charge in [-0.05, 0) is 18.3 Å². The highest BCUT2D eigenvalue weighted by Gasteiger charge is 2.21. The zero-order valence-electron chi connectivity index (χ0n) is 11.0. The number of imide groups is 1. The van der Waals surface area contributed by atoms with Gasteiger partial charge in [0.15, 0.2) is 0 Å². The van der Waals surface area contributed by atoms with Crippen molar-refractivity contribution < 1.29 is 19.5 Å². The van der Waals surface area contributed by atoms with Gasteiger partial charge in [-0.1, -0.05) is 26.2 Å². The van der Waals surface area contributed by atoms with E-state index in [0.717, 1.165) is 12.5 Å². The van der Waals surface area contributed by atoms with E-state index in [1.807, 2.05) is 0 Å². The number of carboxylic acids is 1. The fourth-order valence-corrected chi connectivity index (χ4v) is 2.26. The summed E-state index contributed by atoms with van der Waals surface area (Å²) >= 11 is 0. The number of amides is 3. The minimum Gasteiger partial charge on any atom is -0.478 e. The molecular formula is C13H20N2O4. The minimum absolute atomic E-state index is 0.448. The van der Waals surface area contributed by atoms with E-state index in [-0.39, 0.29) is 0 Å². The normalized spacial score (nSPS) is 23.0. The van der Waals surface area contributed by atoms with Gasteiger partial charge in [0.25, 0.3) is 5.91 Å². The molecule has 6 heteroatoms. The van der Waals surface area contributed by atoms with Crippen LogP contribution in [0.15, 0.2) is 12.2 Å². The summed E-state index contributed by atoms with van der Waals surface area (Å²) in [4.78, 5) is 32.8. The molecule has 0 saturated heterocycles. The lowest BCUT2D eigenvalue weighted by molar-refractivity contribution is -0.131. The molecule has 106 valence electrons. The van der Waals surface area contributed by atoms with Crippen molar-refractivity contribution in [2.24, 2.45) is 11.8 Å². The molecule has 3 amide bonds. The number of aliphatic carboxylic acids is 1. The van der Waals surface area contributed by atoms with E-state index in [9.17, 15) is 14.4 Å². The molecule has 1 fully saturated rings. The molecule has 1 rings (SSSR count). The number of rotatable bonds is 4. The number of carboxylic acid groups (broad SMARTS) is 1. The maximum absolute atomic E-state index is 11.4. The zero-order valence-corrected chi connectivity index (χ0v) is 11.0. The van der Waals surface area contributed by atoms with Crippen LogP contribution in [-0.2, 0) is 9.59 Å². The fourth-order valence-electron chi connectivity index (χ4n) is 2.26. The Balaban J connectivity index is 2.27. The molecule has 1 aliphatic rings. The van der Waals surface area contributed by atoms with Gasteiger partial charge in [0.2, 0.25) is 0 Å². The van der Waals surface area contributed by atoms with E-state index >= 15 is 0 Å². The van der Waals surface area contributed by atoms with Crippen molar-refractivity contribution in [3.63, 3.8) is 0 Å². The summed E-state index contributed by atoms with van der Waals surface area (Å²) in [6, 6.07) is -0.585. The summed E-state index contributed by atoms with van der Waals surface area (Å²) in [6.45, 7) is 2.72. The zero-order chi connectivity index (χ0) is 14.3. The molecule has 6 nitrogen and oxygen atoms in total. The second-order valence-electron chi connectivity index (χ2n) is 4.89. The standard InChI is InChI=1S/C13H20N2O4/c1-9-4-2-3-5-10(9)8-14-13(19)15-11(16)6-7-12(17)18/h6-7,9-10H,2-5,8H2,1H3,(H,17,18)(H2,14,15,16,19). The Morgan fingerprint density at radius 1 is 1.21 bits per heavy atom. The Labute approximate surface area is 112 Å². The van der Waals surface area contributed by atoms with Crippen LogP contribution in [0.2, 0.25) is 0 Å². The highest BCUT2D eigenvalue weighted by atomic mass is 16.4. The van der Waals surface area contributed by atoms with E-state index in [4.69, 9.17) is 5.11 Å². The summed E-state index contributed by atoms with van der Waals surface area (Å²) in [5.74, 6) is -0.941. The molecule has 0 aromatic heterocycles. The lowest BCUT2D eigenvalue weighted by Gasteiger charge is -2.28. The predicted octanol–water partition coefficient (Wildman–Crippen LogP) is 1.28. The van der Waals surface area contributed by atoms with Crippen molar-refractivity contribution in [2.75, 3.05) is 6.54 Å². The van der Waals surface area contributed by atoms with Gasteiger partial charge < -0.3 is 10.4 Å². The summed E-state index contributed by atoms with van der Waals surface area (Å²) in [5.41, 5.74) is 0. The second-order valence-corrected chi connectivity index (χ2v) is 4.89. The Morgan fingerprint density at radius 2 is 1.89 bits per heavy atom. The lowest BCUT2D eigenvalue weighted by Crippen LogP contribution is -2.42. The molecule has 0 heterocycles. The summed E-state index contributed by atoms with van der Waals surface area (Å²) < 4.78 is 0. The molecule has 1 saturated carbocycles. The van der Waals surface area contributed by atoms with Crippen molar-refractivity contribution in [3.8, 4) is 0 Å². The van der Waals surface area contributed by atoms with Crippen LogP contribution >= 0.6 is 0 Å². The quantitative estimate of drug-likeness (QED) is 0.669. The first-order chi connectivity index (χ1) is 8.99. The fraction of sp³-hybridized carbons (Fsp3) is 0.615. The number of hydrogen-bond acceptors (Lipinski definition) is 3. The molecule has 0 bridgehead atoms. The maximum atomic E-state index is 11.4. The number of urea groups is 1. The van der Waals surface area contributed by atoms with Gasteiger partial charge in [-0.25, -0.2) is 9.59 Å². The molecule has 3 N–H and O–H groups in total. The molecular weight excluding hydrogens is 248 g/mol. The first-order valence-corrected chi connectivity index (χ1v) is 6.49. The lowest BCUT2D eigenvalue weighted by atomic mass is 9.80. The topological polar surface area (TPSA) is 95.5 Å². The van der Waals surface area contributed by atoms with Crippen LogP contribution in [0, 0.1) is 11.8 Å². The van der Waals surface area contributed by atoms with Crippen LogP contribution in [0.5, 0.6) is 0 Å². The molecule has 0 aromatic rings. The first-order valence-electron chi connectivity index (χ1n) is 6.49.